The van der Waals surface area contributed by atoms with Crippen molar-refractivity contribution in [2.45, 2.75) is 44.8 Å². The van der Waals surface area contributed by atoms with Crippen LogP contribution in [0.15, 0.2) is 0 Å². The molecule has 0 N–H and O–H groups in total. The van der Waals surface area contributed by atoms with E-state index in [2.05, 4.69) is 5.92 Å². The molecule has 0 spiro atoms. The first-order valence-corrected chi connectivity index (χ1v) is 6.39. The Labute approximate surface area is 118 Å². The number of halogens is 1. The van der Waals surface area contributed by atoms with E-state index in [4.69, 9.17) is 27.5 Å². The molecule has 0 aromatic rings. The predicted molar refractivity (Wildman–Crippen MR) is 70.9 cm³/mol. The monoisotopic (exact) mass is 287 g/mol. The maximum atomic E-state index is 11.9. The van der Waals surface area contributed by atoms with Crippen molar-refractivity contribution in [2.75, 3.05) is 13.1 Å². The van der Waals surface area contributed by atoms with Gasteiger partial charge in [0, 0.05) is 37.5 Å². The van der Waals surface area contributed by atoms with Crippen molar-refractivity contribution >= 4 is 23.1 Å². The smallest absolute Gasteiger partial charge is 0.410 e. The maximum Gasteiger partial charge on any atom is 0.410 e. The number of terminal acetylenes is 1. The first-order chi connectivity index (χ1) is 8.67. The third kappa shape index (κ3) is 4.64. The molecule has 0 aromatic carbocycles. The molecular weight excluding hydrogens is 270 g/mol. The molecule has 0 atom stereocenters. The van der Waals surface area contributed by atoms with E-state index in [0.29, 0.717) is 25.9 Å². The van der Waals surface area contributed by atoms with Crippen molar-refractivity contribution in [1.82, 2.24) is 4.90 Å². The summed E-state index contributed by atoms with van der Waals surface area (Å²) < 4.78 is 10.2. The van der Waals surface area contributed by atoms with Gasteiger partial charge in [0.05, 0.1) is 0 Å². The zero-order chi connectivity index (χ0) is 14.7. The van der Waals surface area contributed by atoms with Gasteiger partial charge in [-0.2, -0.15) is 0 Å². The molecule has 0 aliphatic carbocycles. The zero-order valence-corrected chi connectivity index (χ0v) is 12.1. The highest BCUT2D eigenvalue weighted by molar-refractivity contribution is 6.61. The molecule has 106 valence electrons. The fourth-order valence-electron chi connectivity index (χ4n) is 1.81. The minimum absolute atomic E-state index is 0.348. The Bertz CT molecular complexity index is 400. The lowest BCUT2D eigenvalue weighted by molar-refractivity contribution is -0.00737. The van der Waals surface area contributed by atoms with Crippen LogP contribution in [0.3, 0.4) is 0 Å². The molecule has 5 nitrogen and oxygen atoms in total. The van der Waals surface area contributed by atoms with Gasteiger partial charge in [0.25, 0.3) is 0 Å². The fraction of sp³-hybridized carbons (Fsp3) is 0.692. The SMILES string of the molecule is C#CC1(OC(=O)Cl)CCN(C(=O)OC(C)(C)C)CC1. The summed E-state index contributed by atoms with van der Waals surface area (Å²) >= 11 is 5.20. The van der Waals surface area contributed by atoms with E-state index in [9.17, 15) is 9.59 Å². The van der Waals surface area contributed by atoms with E-state index in [1.165, 1.54) is 0 Å². The summed E-state index contributed by atoms with van der Waals surface area (Å²) in [5.41, 5.74) is -2.49. The van der Waals surface area contributed by atoms with Crippen molar-refractivity contribution in [1.29, 1.82) is 0 Å². The van der Waals surface area contributed by atoms with Gasteiger partial charge in [0.2, 0.25) is 0 Å². The van der Waals surface area contributed by atoms with Gasteiger partial charge in [-0.05, 0) is 20.8 Å². The number of hydrogen-bond acceptors (Lipinski definition) is 4. The van der Waals surface area contributed by atoms with Gasteiger partial charge in [0.15, 0.2) is 5.60 Å². The quantitative estimate of drug-likeness (QED) is 0.550. The second-order valence-corrected chi connectivity index (χ2v) is 5.75. The van der Waals surface area contributed by atoms with Crippen LogP contribution in [-0.2, 0) is 9.47 Å². The van der Waals surface area contributed by atoms with E-state index in [1.807, 2.05) is 0 Å². The van der Waals surface area contributed by atoms with Crippen LogP contribution < -0.4 is 0 Å². The van der Waals surface area contributed by atoms with E-state index >= 15 is 0 Å². The van der Waals surface area contributed by atoms with Crippen LogP contribution in [0.25, 0.3) is 0 Å². The van der Waals surface area contributed by atoms with Gasteiger partial charge in [-0.3, -0.25) is 0 Å². The lowest BCUT2D eigenvalue weighted by Crippen LogP contribution is -2.49. The Morgan fingerprint density at radius 2 is 1.84 bits per heavy atom. The van der Waals surface area contributed by atoms with Gasteiger partial charge < -0.3 is 14.4 Å². The highest BCUT2D eigenvalue weighted by atomic mass is 35.5. The van der Waals surface area contributed by atoms with Crippen molar-refractivity contribution in [2.24, 2.45) is 0 Å². The molecule has 1 aliphatic heterocycles. The largest absolute Gasteiger partial charge is 0.444 e. The van der Waals surface area contributed by atoms with E-state index < -0.39 is 22.7 Å². The summed E-state index contributed by atoms with van der Waals surface area (Å²) in [6, 6.07) is 0. The van der Waals surface area contributed by atoms with Crippen LogP contribution in [0.2, 0.25) is 0 Å². The Balaban J connectivity index is 2.59. The Morgan fingerprint density at radius 3 is 2.21 bits per heavy atom. The van der Waals surface area contributed by atoms with Gasteiger partial charge in [-0.25, -0.2) is 9.59 Å². The first-order valence-electron chi connectivity index (χ1n) is 6.02. The number of amides is 1. The first kappa shape index (κ1) is 15.6. The molecule has 1 rings (SSSR count). The molecule has 0 radical (unpaired) electrons. The third-order valence-corrected chi connectivity index (χ3v) is 2.84. The minimum atomic E-state index is -1.02. The van der Waals surface area contributed by atoms with Crippen LogP contribution in [0.5, 0.6) is 0 Å². The van der Waals surface area contributed by atoms with Crippen LogP contribution in [0.4, 0.5) is 9.59 Å². The number of likely N-dealkylation sites (tertiary alicyclic amines) is 1. The molecule has 0 aromatic heterocycles. The molecular formula is C13H18ClNO4. The number of hydrogen-bond donors (Lipinski definition) is 0. The van der Waals surface area contributed by atoms with Crippen molar-refractivity contribution < 1.29 is 19.1 Å². The van der Waals surface area contributed by atoms with E-state index in [1.54, 1.807) is 25.7 Å². The topological polar surface area (TPSA) is 55.8 Å². The van der Waals surface area contributed by atoms with Gasteiger partial charge in [-0.15, -0.1) is 6.42 Å². The molecule has 6 heteroatoms. The lowest BCUT2D eigenvalue weighted by Gasteiger charge is -2.37. The van der Waals surface area contributed by atoms with Crippen molar-refractivity contribution in [3.05, 3.63) is 0 Å². The second-order valence-electron chi connectivity index (χ2n) is 5.45. The van der Waals surface area contributed by atoms with Crippen molar-refractivity contribution in [3.8, 4) is 12.3 Å². The average Bonchev–Trinajstić information content (AvgIpc) is 2.26. The predicted octanol–water partition coefficient (Wildman–Crippen LogP) is 2.76. The number of carbonyl (C=O) groups excluding carboxylic acids is 2. The molecule has 1 amide bonds. The second kappa shape index (κ2) is 5.70. The Kier molecular flexibility index (Phi) is 4.70. The summed E-state index contributed by atoms with van der Waals surface area (Å²) in [6.45, 7) is 6.13. The molecule has 0 unspecified atom stereocenters. The molecule has 1 fully saturated rings. The van der Waals surface area contributed by atoms with Gasteiger partial charge in [-0.1, -0.05) is 5.92 Å². The molecule has 0 bridgehead atoms. The number of piperidine rings is 1. The molecule has 19 heavy (non-hydrogen) atoms. The lowest BCUT2D eigenvalue weighted by atomic mass is 9.92. The highest BCUT2D eigenvalue weighted by Gasteiger charge is 2.38. The molecule has 0 saturated carbocycles. The summed E-state index contributed by atoms with van der Waals surface area (Å²) in [6.07, 6.45) is 5.69. The zero-order valence-electron chi connectivity index (χ0n) is 11.4. The van der Waals surface area contributed by atoms with Crippen molar-refractivity contribution in [3.63, 3.8) is 0 Å². The third-order valence-electron chi connectivity index (χ3n) is 2.76. The molecule has 1 heterocycles. The average molecular weight is 288 g/mol. The van der Waals surface area contributed by atoms with E-state index in [-0.39, 0.29) is 0 Å². The van der Waals surface area contributed by atoms with Gasteiger partial charge >= 0.3 is 11.5 Å². The van der Waals surface area contributed by atoms with Crippen LogP contribution in [0.1, 0.15) is 33.6 Å². The Morgan fingerprint density at radius 1 is 1.32 bits per heavy atom. The maximum absolute atomic E-state index is 11.9. The summed E-state index contributed by atoms with van der Waals surface area (Å²) in [5.74, 6) is 2.45. The van der Waals surface area contributed by atoms with Crippen LogP contribution in [0, 0.1) is 12.3 Å². The number of nitrogens with zero attached hydrogens (tertiary/aromatic N) is 1. The Hall–Kier alpha value is -1.41. The number of carbonyl (C=O) groups is 2. The van der Waals surface area contributed by atoms with Crippen LogP contribution >= 0.6 is 11.6 Å². The number of rotatable bonds is 1. The minimum Gasteiger partial charge on any atom is -0.444 e. The normalized spacial score (nSPS) is 18.4. The van der Waals surface area contributed by atoms with Gasteiger partial charge in [0.1, 0.15) is 5.60 Å². The fourth-order valence-corrected chi connectivity index (χ4v) is 1.95. The summed E-state index contributed by atoms with van der Waals surface area (Å²) in [7, 11) is 0. The molecule has 1 saturated heterocycles. The number of ether oxygens (including phenoxy) is 2. The highest BCUT2D eigenvalue weighted by Crippen LogP contribution is 2.27. The summed E-state index contributed by atoms with van der Waals surface area (Å²) in [5, 5.41) is 0. The summed E-state index contributed by atoms with van der Waals surface area (Å²) in [4.78, 5) is 24.2. The standard InChI is InChI=1S/C13H18ClNO4/c1-5-13(18-10(14)16)6-8-15(9-7-13)11(17)19-12(2,3)4/h1H,6-9H2,2-4H3. The molecule has 1 aliphatic rings. The van der Waals surface area contributed by atoms with Crippen LogP contribution in [-0.4, -0.2) is 40.7 Å². The van der Waals surface area contributed by atoms with E-state index in [0.717, 1.165) is 0 Å².